The lowest BCUT2D eigenvalue weighted by molar-refractivity contribution is -0.116. The number of hydrogen-bond acceptors (Lipinski definition) is 6. The number of aromatic nitrogens is 3. The van der Waals surface area contributed by atoms with E-state index < -0.39 is 0 Å². The van der Waals surface area contributed by atoms with Gasteiger partial charge in [0.2, 0.25) is 11.0 Å². The largest absolute Gasteiger partial charge is 0.371 e. The van der Waals surface area contributed by atoms with Crippen LogP contribution < -0.4 is 5.32 Å². The molecule has 0 radical (unpaired) electrons. The summed E-state index contributed by atoms with van der Waals surface area (Å²) in [5.74, 6) is -0.0695. The van der Waals surface area contributed by atoms with Gasteiger partial charge in [-0.2, -0.15) is 11.3 Å². The SMILES string of the molecule is O=C(CC(c1ccsc1)n1cccc1)Nc1nnc(C2CCCO2)s1. The molecule has 4 rings (SSSR count). The van der Waals surface area contributed by atoms with Gasteiger partial charge in [0, 0.05) is 19.0 Å². The first-order valence-corrected chi connectivity index (χ1v) is 9.95. The van der Waals surface area contributed by atoms with E-state index in [4.69, 9.17) is 4.74 Å². The number of thiophene rings is 1. The van der Waals surface area contributed by atoms with Crippen molar-refractivity contribution in [1.82, 2.24) is 14.8 Å². The van der Waals surface area contributed by atoms with E-state index >= 15 is 0 Å². The molecule has 0 spiro atoms. The van der Waals surface area contributed by atoms with Gasteiger partial charge < -0.3 is 14.6 Å². The Bertz CT molecular complexity index is 773. The molecule has 1 aliphatic heterocycles. The standard InChI is InChI=1S/C17H18N4O2S2/c22-15(18-17-20-19-16(25-17)14-4-3-8-23-14)10-13(12-5-9-24-11-12)21-6-1-2-7-21/h1-2,5-7,9,11,13-14H,3-4,8,10H2,(H,18,20,22). The van der Waals surface area contributed by atoms with Crippen LogP contribution >= 0.6 is 22.7 Å². The summed E-state index contributed by atoms with van der Waals surface area (Å²) in [5, 5.41) is 16.6. The fourth-order valence-electron chi connectivity index (χ4n) is 2.95. The molecule has 0 bridgehead atoms. The van der Waals surface area contributed by atoms with E-state index in [9.17, 15) is 4.79 Å². The lowest BCUT2D eigenvalue weighted by Crippen LogP contribution is -2.19. The maximum atomic E-state index is 12.5. The highest BCUT2D eigenvalue weighted by atomic mass is 32.1. The number of carbonyl (C=O) groups excluding carboxylic acids is 1. The van der Waals surface area contributed by atoms with E-state index in [1.165, 1.54) is 11.3 Å². The maximum Gasteiger partial charge on any atom is 0.228 e. The van der Waals surface area contributed by atoms with Crippen molar-refractivity contribution in [2.45, 2.75) is 31.4 Å². The number of hydrogen-bond donors (Lipinski definition) is 1. The van der Waals surface area contributed by atoms with Crippen LogP contribution in [0.3, 0.4) is 0 Å². The number of nitrogens with one attached hydrogen (secondary N) is 1. The summed E-state index contributed by atoms with van der Waals surface area (Å²) in [7, 11) is 0. The van der Waals surface area contributed by atoms with Gasteiger partial charge in [-0.3, -0.25) is 4.79 Å². The van der Waals surface area contributed by atoms with Gasteiger partial charge in [0.25, 0.3) is 0 Å². The Morgan fingerprint density at radius 2 is 2.28 bits per heavy atom. The Morgan fingerprint density at radius 1 is 1.40 bits per heavy atom. The van der Waals surface area contributed by atoms with Crippen molar-refractivity contribution in [2.24, 2.45) is 0 Å². The third-order valence-corrected chi connectivity index (χ3v) is 5.82. The lowest BCUT2D eigenvalue weighted by atomic mass is 10.1. The quantitative estimate of drug-likeness (QED) is 0.711. The number of carbonyl (C=O) groups is 1. The second kappa shape index (κ2) is 7.47. The second-order valence-electron chi connectivity index (χ2n) is 5.90. The molecule has 6 nitrogen and oxygen atoms in total. The molecule has 0 aromatic carbocycles. The molecule has 1 N–H and O–H groups in total. The number of amides is 1. The second-order valence-corrected chi connectivity index (χ2v) is 7.69. The molecule has 3 aromatic heterocycles. The fourth-order valence-corrected chi connectivity index (χ4v) is 4.50. The molecular formula is C17H18N4O2S2. The molecule has 2 atom stereocenters. The van der Waals surface area contributed by atoms with Crippen LogP contribution in [0.1, 0.15) is 42.0 Å². The molecule has 130 valence electrons. The third kappa shape index (κ3) is 3.81. The lowest BCUT2D eigenvalue weighted by Gasteiger charge is -2.17. The van der Waals surface area contributed by atoms with Crippen molar-refractivity contribution in [1.29, 1.82) is 0 Å². The van der Waals surface area contributed by atoms with Gasteiger partial charge in [-0.15, -0.1) is 10.2 Å². The zero-order valence-electron chi connectivity index (χ0n) is 13.5. The normalized spacial score (nSPS) is 18.3. The Labute approximate surface area is 153 Å². The molecule has 1 aliphatic rings. The number of rotatable bonds is 6. The van der Waals surface area contributed by atoms with Crippen LogP contribution in [0.4, 0.5) is 5.13 Å². The summed E-state index contributed by atoms with van der Waals surface area (Å²) in [6.07, 6.45) is 6.36. The van der Waals surface area contributed by atoms with Gasteiger partial charge in [-0.05, 0) is 47.4 Å². The van der Waals surface area contributed by atoms with Crippen molar-refractivity contribution < 1.29 is 9.53 Å². The van der Waals surface area contributed by atoms with E-state index in [2.05, 4.69) is 31.5 Å². The van der Waals surface area contributed by atoms with Crippen molar-refractivity contribution in [3.05, 3.63) is 51.9 Å². The summed E-state index contributed by atoms with van der Waals surface area (Å²) in [6, 6.07) is 5.97. The fraction of sp³-hybridized carbons (Fsp3) is 0.353. The zero-order valence-corrected chi connectivity index (χ0v) is 15.1. The Kier molecular flexibility index (Phi) is 4.91. The predicted molar refractivity (Wildman–Crippen MR) is 98.0 cm³/mol. The first-order chi connectivity index (χ1) is 12.3. The highest BCUT2D eigenvalue weighted by Gasteiger charge is 2.23. The van der Waals surface area contributed by atoms with Gasteiger partial charge >= 0.3 is 0 Å². The monoisotopic (exact) mass is 374 g/mol. The minimum Gasteiger partial charge on any atom is -0.371 e. The predicted octanol–water partition coefficient (Wildman–Crippen LogP) is 3.87. The first kappa shape index (κ1) is 16.4. The van der Waals surface area contributed by atoms with Crippen molar-refractivity contribution in [3.8, 4) is 0 Å². The number of anilines is 1. The summed E-state index contributed by atoms with van der Waals surface area (Å²) in [6.45, 7) is 0.769. The molecule has 1 saturated heterocycles. The van der Waals surface area contributed by atoms with Crippen LogP contribution in [0.25, 0.3) is 0 Å². The van der Waals surface area contributed by atoms with Crippen LogP contribution in [0.2, 0.25) is 0 Å². The minimum atomic E-state index is -0.0695. The summed E-state index contributed by atoms with van der Waals surface area (Å²) in [5.41, 5.74) is 1.13. The highest BCUT2D eigenvalue weighted by molar-refractivity contribution is 7.15. The van der Waals surface area contributed by atoms with Crippen LogP contribution in [0.15, 0.2) is 41.4 Å². The molecular weight excluding hydrogens is 356 g/mol. The minimum absolute atomic E-state index is 0.0215. The van der Waals surface area contributed by atoms with Gasteiger partial charge in [0.15, 0.2) is 0 Å². The van der Waals surface area contributed by atoms with Crippen molar-refractivity contribution in [2.75, 3.05) is 11.9 Å². The number of nitrogens with zero attached hydrogens (tertiary/aromatic N) is 3. The van der Waals surface area contributed by atoms with Crippen LogP contribution in [0.5, 0.6) is 0 Å². The van der Waals surface area contributed by atoms with E-state index in [-0.39, 0.29) is 18.1 Å². The highest BCUT2D eigenvalue weighted by Crippen LogP contribution is 2.32. The molecule has 3 aromatic rings. The topological polar surface area (TPSA) is 69.0 Å². The van der Waals surface area contributed by atoms with Gasteiger partial charge in [-0.1, -0.05) is 11.3 Å². The van der Waals surface area contributed by atoms with E-state index in [1.54, 1.807) is 11.3 Å². The molecule has 1 fully saturated rings. The summed E-state index contributed by atoms with van der Waals surface area (Å²) >= 11 is 3.03. The Hall–Kier alpha value is -2.03. The first-order valence-electron chi connectivity index (χ1n) is 8.19. The zero-order chi connectivity index (χ0) is 17.1. The van der Waals surface area contributed by atoms with Crippen molar-refractivity contribution in [3.63, 3.8) is 0 Å². The van der Waals surface area contributed by atoms with E-state index in [0.717, 1.165) is 30.0 Å². The average Bonchev–Trinajstić information content (AvgIpc) is 3.42. The van der Waals surface area contributed by atoms with Crippen LogP contribution in [-0.4, -0.2) is 27.3 Å². The third-order valence-electron chi connectivity index (χ3n) is 4.19. The van der Waals surface area contributed by atoms with Gasteiger partial charge in [-0.25, -0.2) is 0 Å². The smallest absolute Gasteiger partial charge is 0.228 e. The van der Waals surface area contributed by atoms with Gasteiger partial charge in [0.1, 0.15) is 11.1 Å². The van der Waals surface area contributed by atoms with Crippen LogP contribution in [0, 0.1) is 0 Å². The molecule has 0 saturated carbocycles. The van der Waals surface area contributed by atoms with Crippen LogP contribution in [-0.2, 0) is 9.53 Å². The van der Waals surface area contributed by atoms with E-state index in [0.29, 0.717) is 11.6 Å². The molecule has 8 heteroatoms. The summed E-state index contributed by atoms with van der Waals surface area (Å²) in [4.78, 5) is 12.5. The molecule has 4 heterocycles. The molecule has 0 aliphatic carbocycles. The molecule has 1 amide bonds. The Balaban J connectivity index is 1.43. The average molecular weight is 374 g/mol. The molecule has 2 unspecified atom stereocenters. The van der Waals surface area contributed by atoms with Gasteiger partial charge in [0.05, 0.1) is 12.5 Å². The summed E-state index contributed by atoms with van der Waals surface area (Å²) < 4.78 is 7.67. The van der Waals surface area contributed by atoms with E-state index in [1.807, 2.05) is 29.9 Å². The van der Waals surface area contributed by atoms with Crippen molar-refractivity contribution >= 4 is 33.7 Å². The molecule has 25 heavy (non-hydrogen) atoms. The maximum absolute atomic E-state index is 12.5. The number of ether oxygens (including phenoxy) is 1. The Morgan fingerprint density at radius 3 is 3.00 bits per heavy atom.